The van der Waals surface area contributed by atoms with Gasteiger partial charge in [-0.1, -0.05) is 12.1 Å². The van der Waals surface area contributed by atoms with Gasteiger partial charge in [0, 0.05) is 30.5 Å². The van der Waals surface area contributed by atoms with E-state index in [0.29, 0.717) is 18.1 Å². The van der Waals surface area contributed by atoms with Crippen molar-refractivity contribution in [1.82, 2.24) is 10.3 Å². The van der Waals surface area contributed by atoms with Crippen LogP contribution in [0.5, 0.6) is 0 Å². The van der Waals surface area contributed by atoms with E-state index >= 15 is 0 Å². The minimum Gasteiger partial charge on any atom is -0.357 e. The van der Waals surface area contributed by atoms with Crippen LogP contribution in [0.4, 0.5) is 11.4 Å². The summed E-state index contributed by atoms with van der Waals surface area (Å²) >= 11 is 5.34. The molecule has 24 heavy (non-hydrogen) atoms. The number of hydrogen-bond donors (Lipinski definition) is 2. The smallest absolute Gasteiger partial charge is 0.227 e. The molecule has 1 aliphatic heterocycles. The third-order valence-corrected chi connectivity index (χ3v) is 4.23. The SMILES string of the molecule is Cc1ccc(NC(=S)NCc2ccccn2)cc1N1CCCC1=O. The Morgan fingerprint density at radius 3 is 2.92 bits per heavy atom. The number of amides is 1. The highest BCUT2D eigenvalue weighted by Gasteiger charge is 2.23. The molecule has 1 saturated heterocycles. The van der Waals surface area contributed by atoms with Crippen LogP contribution in [-0.4, -0.2) is 22.5 Å². The number of nitrogens with zero attached hydrogens (tertiary/aromatic N) is 2. The standard InChI is InChI=1S/C18H20N4OS/c1-13-7-8-14(11-16(13)22-10-4-6-17(22)23)21-18(24)20-12-15-5-2-3-9-19-15/h2-3,5,7-9,11H,4,6,10,12H2,1H3,(H2,20,21,24). The first-order chi connectivity index (χ1) is 11.6. The number of aryl methyl sites for hydroxylation is 1. The molecule has 2 N–H and O–H groups in total. The molecule has 6 heteroatoms. The molecule has 0 atom stereocenters. The van der Waals surface area contributed by atoms with E-state index in [1.54, 1.807) is 6.20 Å². The highest BCUT2D eigenvalue weighted by Crippen LogP contribution is 2.28. The molecule has 0 spiro atoms. The van der Waals surface area contributed by atoms with Gasteiger partial charge in [0.25, 0.3) is 0 Å². The molecule has 5 nitrogen and oxygen atoms in total. The third kappa shape index (κ3) is 3.89. The van der Waals surface area contributed by atoms with Crippen molar-refractivity contribution in [1.29, 1.82) is 0 Å². The summed E-state index contributed by atoms with van der Waals surface area (Å²) in [6.45, 7) is 3.36. The number of hydrogen-bond acceptors (Lipinski definition) is 3. The zero-order valence-corrected chi connectivity index (χ0v) is 14.4. The molecule has 1 fully saturated rings. The van der Waals surface area contributed by atoms with Crippen LogP contribution < -0.4 is 15.5 Å². The lowest BCUT2D eigenvalue weighted by molar-refractivity contribution is -0.117. The number of carbonyl (C=O) groups is 1. The number of rotatable bonds is 4. The normalized spacial score (nSPS) is 13.9. The van der Waals surface area contributed by atoms with Crippen LogP contribution in [0.3, 0.4) is 0 Å². The van der Waals surface area contributed by atoms with Gasteiger partial charge in [-0.3, -0.25) is 9.78 Å². The summed E-state index contributed by atoms with van der Waals surface area (Å²) in [5, 5.41) is 6.84. The van der Waals surface area contributed by atoms with Crippen molar-refractivity contribution in [2.45, 2.75) is 26.3 Å². The summed E-state index contributed by atoms with van der Waals surface area (Å²) in [7, 11) is 0. The fourth-order valence-electron chi connectivity index (χ4n) is 2.73. The highest BCUT2D eigenvalue weighted by atomic mass is 32.1. The summed E-state index contributed by atoms with van der Waals surface area (Å²) in [5.74, 6) is 0.186. The van der Waals surface area contributed by atoms with Crippen molar-refractivity contribution in [2.24, 2.45) is 0 Å². The number of aromatic nitrogens is 1. The van der Waals surface area contributed by atoms with Crippen LogP contribution in [0.25, 0.3) is 0 Å². The summed E-state index contributed by atoms with van der Waals surface area (Å²) in [5.41, 5.74) is 3.83. The van der Waals surface area contributed by atoms with Crippen molar-refractivity contribution in [2.75, 3.05) is 16.8 Å². The quantitative estimate of drug-likeness (QED) is 0.838. The minimum absolute atomic E-state index is 0.186. The van der Waals surface area contributed by atoms with E-state index < -0.39 is 0 Å². The molecule has 1 amide bonds. The average molecular weight is 340 g/mol. The molecule has 3 rings (SSSR count). The van der Waals surface area contributed by atoms with E-state index in [9.17, 15) is 4.79 Å². The Labute approximate surface area is 147 Å². The maximum Gasteiger partial charge on any atom is 0.227 e. The van der Waals surface area contributed by atoms with Crippen LogP contribution in [-0.2, 0) is 11.3 Å². The Hall–Kier alpha value is -2.47. The van der Waals surface area contributed by atoms with Gasteiger partial charge in [0.2, 0.25) is 5.91 Å². The Kier molecular flexibility index (Phi) is 5.05. The lowest BCUT2D eigenvalue weighted by Crippen LogP contribution is -2.28. The fraction of sp³-hybridized carbons (Fsp3) is 0.278. The lowest BCUT2D eigenvalue weighted by Gasteiger charge is -2.20. The van der Waals surface area contributed by atoms with E-state index in [2.05, 4.69) is 15.6 Å². The molecular weight excluding hydrogens is 320 g/mol. The van der Waals surface area contributed by atoms with Crippen molar-refractivity contribution >= 4 is 34.6 Å². The van der Waals surface area contributed by atoms with Gasteiger partial charge in [-0.05, 0) is 55.4 Å². The summed E-state index contributed by atoms with van der Waals surface area (Å²) in [6, 6.07) is 11.7. The second-order valence-electron chi connectivity index (χ2n) is 5.78. The van der Waals surface area contributed by atoms with E-state index in [0.717, 1.165) is 35.6 Å². The van der Waals surface area contributed by atoms with Crippen LogP contribution in [0.15, 0.2) is 42.6 Å². The van der Waals surface area contributed by atoms with Crippen LogP contribution in [0.2, 0.25) is 0 Å². The molecule has 1 aromatic carbocycles. The largest absolute Gasteiger partial charge is 0.357 e. The number of anilines is 2. The Morgan fingerprint density at radius 1 is 1.33 bits per heavy atom. The van der Waals surface area contributed by atoms with Gasteiger partial charge in [0.05, 0.1) is 12.2 Å². The molecule has 124 valence electrons. The maximum atomic E-state index is 12.0. The topological polar surface area (TPSA) is 57.3 Å². The zero-order valence-electron chi connectivity index (χ0n) is 13.6. The second-order valence-corrected chi connectivity index (χ2v) is 6.19. The lowest BCUT2D eigenvalue weighted by atomic mass is 10.1. The second kappa shape index (κ2) is 7.40. The molecule has 0 radical (unpaired) electrons. The third-order valence-electron chi connectivity index (χ3n) is 3.99. The number of thiocarbonyl (C=S) groups is 1. The summed E-state index contributed by atoms with van der Waals surface area (Å²) < 4.78 is 0. The molecule has 0 aliphatic carbocycles. The van der Waals surface area contributed by atoms with Crippen molar-refractivity contribution in [3.05, 3.63) is 53.9 Å². The number of benzene rings is 1. The summed E-state index contributed by atoms with van der Waals surface area (Å²) in [6.07, 6.45) is 3.30. The Morgan fingerprint density at radius 2 is 2.21 bits per heavy atom. The van der Waals surface area contributed by atoms with Gasteiger partial charge in [-0.2, -0.15) is 0 Å². The average Bonchev–Trinajstić information content (AvgIpc) is 3.01. The van der Waals surface area contributed by atoms with Crippen molar-refractivity contribution in [3.8, 4) is 0 Å². The molecular formula is C18H20N4OS. The molecule has 2 aromatic rings. The molecule has 0 unspecified atom stereocenters. The number of pyridine rings is 1. The van der Waals surface area contributed by atoms with Crippen LogP contribution in [0, 0.1) is 6.92 Å². The first-order valence-electron chi connectivity index (χ1n) is 7.99. The molecule has 2 heterocycles. The van der Waals surface area contributed by atoms with Crippen molar-refractivity contribution in [3.63, 3.8) is 0 Å². The van der Waals surface area contributed by atoms with Crippen LogP contribution >= 0.6 is 12.2 Å². The van der Waals surface area contributed by atoms with Gasteiger partial charge in [-0.15, -0.1) is 0 Å². The van der Waals surface area contributed by atoms with E-state index in [4.69, 9.17) is 12.2 Å². The highest BCUT2D eigenvalue weighted by molar-refractivity contribution is 7.80. The van der Waals surface area contributed by atoms with E-state index in [1.807, 2.05) is 48.2 Å². The predicted molar refractivity (Wildman–Crippen MR) is 100 cm³/mol. The molecule has 1 aliphatic rings. The summed E-state index contributed by atoms with van der Waals surface area (Å²) in [4.78, 5) is 18.1. The Bertz CT molecular complexity index is 748. The van der Waals surface area contributed by atoms with Gasteiger partial charge >= 0.3 is 0 Å². The zero-order chi connectivity index (χ0) is 16.9. The molecule has 1 aromatic heterocycles. The monoisotopic (exact) mass is 340 g/mol. The number of carbonyl (C=O) groups excluding carboxylic acids is 1. The number of nitrogens with one attached hydrogen (secondary N) is 2. The van der Waals surface area contributed by atoms with E-state index in [-0.39, 0.29) is 5.91 Å². The first kappa shape index (κ1) is 16.4. The van der Waals surface area contributed by atoms with Gasteiger partial charge in [-0.25, -0.2) is 0 Å². The Balaban J connectivity index is 1.64. The predicted octanol–water partition coefficient (Wildman–Crippen LogP) is 3.00. The van der Waals surface area contributed by atoms with Crippen molar-refractivity contribution < 1.29 is 4.79 Å². The molecule has 0 bridgehead atoms. The maximum absolute atomic E-state index is 12.0. The van der Waals surface area contributed by atoms with E-state index in [1.165, 1.54) is 0 Å². The van der Waals surface area contributed by atoms with Gasteiger partial charge in [0.1, 0.15) is 0 Å². The fourth-order valence-corrected chi connectivity index (χ4v) is 2.92. The molecule has 0 saturated carbocycles. The first-order valence-corrected chi connectivity index (χ1v) is 8.40. The van der Waals surface area contributed by atoms with Crippen LogP contribution in [0.1, 0.15) is 24.1 Å². The minimum atomic E-state index is 0.186. The van der Waals surface area contributed by atoms with Gasteiger partial charge < -0.3 is 15.5 Å². The van der Waals surface area contributed by atoms with Gasteiger partial charge in [0.15, 0.2) is 5.11 Å².